The van der Waals surface area contributed by atoms with E-state index in [4.69, 9.17) is 4.74 Å². The van der Waals surface area contributed by atoms with Crippen LogP contribution in [0.1, 0.15) is 11.6 Å². The number of hydrogen-bond acceptors (Lipinski definition) is 3. The molecule has 1 atom stereocenters. The van der Waals surface area contributed by atoms with E-state index < -0.39 is 17.7 Å². The molecule has 27 heavy (non-hydrogen) atoms. The number of ether oxygens (including phenoxy) is 1. The van der Waals surface area contributed by atoms with Crippen molar-refractivity contribution in [2.45, 2.75) is 6.04 Å². The molecule has 3 rings (SSSR count). The van der Waals surface area contributed by atoms with Crippen molar-refractivity contribution in [1.29, 1.82) is 0 Å². The summed E-state index contributed by atoms with van der Waals surface area (Å²) in [6.07, 6.45) is 0. The molecule has 5 nitrogen and oxygen atoms in total. The van der Waals surface area contributed by atoms with Gasteiger partial charge < -0.3 is 15.4 Å². The van der Waals surface area contributed by atoms with Crippen molar-refractivity contribution < 1.29 is 22.7 Å². The number of amides is 2. The van der Waals surface area contributed by atoms with Gasteiger partial charge in [-0.2, -0.15) is 0 Å². The molecule has 1 aliphatic heterocycles. The van der Waals surface area contributed by atoms with Crippen molar-refractivity contribution in [2.24, 2.45) is 0 Å². The second kappa shape index (κ2) is 8.88. The highest BCUT2D eigenvalue weighted by molar-refractivity contribution is 5.89. The van der Waals surface area contributed by atoms with E-state index >= 15 is 0 Å². The third-order valence-corrected chi connectivity index (χ3v) is 4.38. The van der Waals surface area contributed by atoms with Crippen LogP contribution in [0.15, 0.2) is 42.5 Å². The van der Waals surface area contributed by atoms with E-state index in [0.717, 1.165) is 17.7 Å². The zero-order valence-electron chi connectivity index (χ0n) is 14.6. The van der Waals surface area contributed by atoms with Gasteiger partial charge in [-0.05, 0) is 29.8 Å². The van der Waals surface area contributed by atoms with E-state index in [1.54, 1.807) is 12.1 Å². The van der Waals surface area contributed by atoms with Crippen LogP contribution in [0.4, 0.5) is 23.7 Å². The van der Waals surface area contributed by atoms with Crippen LogP contribution in [0.2, 0.25) is 0 Å². The quantitative estimate of drug-likeness (QED) is 0.838. The van der Waals surface area contributed by atoms with Crippen LogP contribution in [0.5, 0.6) is 0 Å². The summed E-state index contributed by atoms with van der Waals surface area (Å²) >= 11 is 0. The Morgan fingerprint density at radius 2 is 1.70 bits per heavy atom. The predicted octanol–water partition coefficient (Wildman–Crippen LogP) is 3.30. The molecule has 2 aromatic carbocycles. The van der Waals surface area contributed by atoms with E-state index in [2.05, 4.69) is 15.5 Å². The summed E-state index contributed by atoms with van der Waals surface area (Å²) in [6, 6.07) is 8.22. The van der Waals surface area contributed by atoms with Crippen LogP contribution < -0.4 is 10.6 Å². The molecule has 0 spiro atoms. The average Bonchev–Trinajstić information content (AvgIpc) is 2.66. The Balaban J connectivity index is 1.66. The Morgan fingerprint density at radius 3 is 2.37 bits per heavy atom. The number of carbonyl (C=O) groups is 1. The first-order chi connectivity index (χ1) is 13.0. The minimum absolute atomic E-state index is 0.112. The van der Waals surface area contributed by atoms with Crippen LogP contribution in [0.3, 0.4) is 0 Å². The molecule has 1 saturated heterocycles. The monoisotopic (exact) mass is 379 g/mol. The van der Waals surface area contributed by atoms with Crippen molar-refractivity contribution in [3.63, 3.8) is 0 Å². The zero-order chi connectivity index (χ0) is 19.2. The molecule has 0 radical (unpaired) electrons. The maximum absolute atomic E-state index is 13.7. The topological polar surface area (TPSA) is 53.6 Å². The standard InChI is InChI=1S/C19H20F3N3O2/c20-14-3-1-13(2-4-14)18(25-7-9-27-10-8-25)12-23-19(26)24-17-6-5-15(21)11-16(17)22/h1-6,11,18H,7-10,12H2,(H2,23,24,26)/t18-/m0/s1. The van der Waals surface area contributed by atoms with Crippen LogP contribution in [-0.2, 0) is 4.74 Å². The van der Waals surface area contributed by atoms with Gasteiger partial charge in [-0.1, -0.05) is 12.1 Å². The van der Waals surface area contributed by atoms with E-state index in [-0.39, 0.29) is 24.1 Å². The average molecular weight is 379 g/mol. The second-order valence-electron chi connectivity index (χ2n) is 6.17. The van der Waals surface area contributed by atoms with Crippen molar-refractivity contribution in [3.8, 4) is 0 Å². The number of nitrogens with one attached hydrogen (secondary N) is 2. The normalized spacial score (nSPS) is 16.0. The van der Waals surface area contributed by atoms with Gasteiger partial charge in [0.05, 0.1) is 24.9 Å². The fraction of sp³-hybridized carbons (Fsp3) is 0.316. The molecule has 1 heterocycles. The summed E-state index contributed by atoms with van der Waals surface area (Å²) in [6.45, 7) is 2.74. The van der Waals surface area contributed by atoms with Gasteiger partial charge in [0.25, 0.3) is 0 Å². The predicted molar refractivity (Wildman–Crippen MR) is 94.9 cm³/mol. The van der Waals surface area contributed by atoms with Crippen molar-refractivity contribution in [1.82, 2.24) is 10.2 Å². The van der Waals surface area contributed by atoms with Crippen LogP contribution >= 0.6 is 0 Å². The molecule has 144 valence electrons. The molecule has 1 fully saturated rings. The number of nitrogens with zero attached hydrogens (tertiary/aromatic N) is 1. The highest BCUT2D eigenvalue weighted by atomic mass is 19.1. The largest absolute Gasteiger partial charge is 0.379 e. The first-order valence-corrected chi connectivity index (χ1v) is 8.60. The molecule has 0 saturated carbocycles. The van der Waals surface area contributed by atoms with Gasteiger partial charge >= 0.3 is 6.03 Å². The maximum atomic E-state index is 13.7. The number of rotatable bonds is 5. The highest BCUT2D eigenvalue weighted by Crippen LogP contribution is 2.22. The second-order valence-corrected chi connectivity index (χ2v) is 6.17. The van der Waals surface area contributed by atoms with Crippen LogP contribution in [-0.4, -0.2) is 43.8 Å². The minimum Gasteiger partial charge on any atom is -0.379 e. The summed E-state index contributed by atoms with van der Waals surface area (Å²) in [4.78, 5) is 14.3. The molecule has 8 heteroatoms. The summed E-state index contributed by atoms with van der Waals surface area (Å²) < 4.78 is 45.2. The lowest BCUT2D eigenvalue weighted by molar-refractivity contribution is 0.0167. The Morgan fingerprint density at radius 1 is 1.04 bits per heavy atom. The summed E-state index contributed by atoms with van der Waals surface area (Å²) in [7, 11) is 0. The minimum atomic E-state index is -0.853. The summed E-state index contributed by atoms with van der Waals surface area (Å²) in [5.41, 5.74) is 0.741. The molecule has 2 N–H and O–H groups in total. The Labute approximate surface area is 155 Å². The Kier molecular flexibility index (Phi) is 6.31. The van der Waals surface area contributed by atoms with Crippen molar-refractivity contribution in [3.05, 3.63) is 65.5 Å². The molecular formula is C19H20F3N3O2. The molecule has 2 aromatic rings. The Bertz CT molecular complexity index is 780. The zero-order valence-corrected chi connectivity index (χ0v) is 14.6. The van der Waals surface area contributed by atoms with Gasteiger partial charge in [-0.15, -0.1) is 0 Å². The van der Waals surface area contributed by atoms with Gasteiger partial charge in [-0.25, -0.2) is 18.0 Å². The van der Waals surface area contributed by atoms with Gasteiger partial charge in [0.15, 0.2) is 0 Å². The first-order valence-electron chi connectivity index (χ1n) is 8.60. The third kappa shape index (κ3) is 5.21. The SMILES string of the molecule is O=C(NC[C@@H](c1ccc(F)cc1)N1CCOCC1)Nc1ccc(F)cc1F. The molecular weight excluding hydrogens is 359 g/mol. The Hall–Kier alpha value is -2.58. The number of hydrogen-bond donors (Lipinski definition) is 2. The lowest BCUT2D eigenvalue weighted by Crippen LogP contribution is -2.44. The number of benzene rings is 2. The van der Waals surface area contributed by atoms with E-state index in [1.165, 1.54) is 12.1 Å². The lowest BCUT2D eigenvalue weighted by Gasteiger charge is -2.35. The fourth-order valence-electron chi connectivity index (χ4n) is 2.98. The highest BCUT2D eigenvalue weighted by Gasteiger charge is 2.23. The fourth-order valence-corrected chi connectivity index (χ4v) is 2.98. The van der Waals surface area contributed by atoms with E-state index in [1.807, 2.05) is 0 Å². The van der Waals surface area contributed by atoms with Crippen LogP contribution in [0.25, 0.3) is 0 Å². The van der Waals surface area contributed by atoms with E-state index in [9.17, 15) is 18.0 Å². The summed E-state index contributed by atoms with van der Waals surface area (Å²) in [5.74, 6) is -1.91. The van der Waals surface area contributed by atoms with Crippen molar-refractivity contribution >= 4 is 11.7 Å². The molecule has 0 bridgehead atoms. The number of halogens is 3. The number of urea groups is 1. The molecule has 1 aliphatic rings. The third-order valence-electron chi connectivity index (χ3n) is 4.38. The van der Waals surface area contributed by atoms with Crippen molar-refractivity contribution in [2.75, 3.05) is 38.2 Å². The molecule has 0 unspecified atom stereocenters. The molecule has 2 amide bonds. The van der Waals surface area contributed by atoms with Crippen LogP contribution in [0, 0.1) is 17.5 Å². The smallest absolute Gasteiger partial charge is 0.319 e. The summed E-state index contributed by atoms with van der Waals surface area (Å²) in [5, 5.41) is 5.06. The number of morpholine rings is 1. The van der Waals surface area contributed by atoms with Gasteiger partial charge in [0.2, 0.25) is 0 Å². The first kappa shape index (κ1) is 19.2. The van der Waals surface area contributed by atoms with Gasteiger partial charge in [0.1, 0.15) is 17.5 Å². The number of carbonyl (C=O) groups excluding carboxylic acids is 1. The molecule has 0 aliphatic carbocycles. The van der Waals surface area contributed by atoms with Gasteiger partial charge in [-0.3, -0.25) is 4.90 Å². The van der Waals surface area contributed by atoms with E-state index in [0.29, 0.717) is 32.4 Å². The molecule has 0 aromatic heterocycles. The lowest BCUT2D eigenvalue weighted by atomic mass is 10.0. The maximum Gasteiger partial charge on any atom is 0.319 e. The number of anilines is 1. The van der Waals surface area contributed by atoms with Gasteiger partial charge in [0, 0.05) is 25.7 Å².